The molecule has 3 amide bonds. The first-order valence-corrected chi connectivity index (χ1v) is 15.5. The molecule has 8 heteroatoms. The van der Waals surface area contributed by atoms with Crippen LogP contribution in [0.5, 0.6) is 0 Å². The fourth-order valence-corrected chi connectivity index (χ4v) is 9.08. The third kappa shape index (κ3) is 4.61. The summed E-state index contributed by atoms with van der Waals surface area (Å²) in [5.74, 6) is -1.78. The molecule has 214 valence electrons. The Morgan fingerprint density at radius 1 is 0.927 bits per heavy atom. The predicted molar refractivity (Wildman–Crippen MR) is 161 cm³/mol. The van der Waals surface area contributed by atoms with Gasteiger partial charge < -0.3 is 19.8 Å². The number of thioether (sulfide) groups is 1. The summed E-state index contributed by atoms with van der Waals surface area (Å²) >= 11 is 1.58. The summed E-state index contributed by atoms with van der Waals surface area (Å²) in [6.45, 7) is 3.34. The lowest BCUT2D eigenvalue weighted by molar-refractivity contribution is -0.145. The number of para-hydroxylation sites is 1. The van der Waals surface area contributed by atoms with Gasteiger partial charge in [-0.2, -0.15) is 0 Å². The maximum absolute atomic E-state index is 14.7. The van der Waals surface area contributed by atoms with E-state index in [4.69, 9.17) is 0 Å². The molecule has 2 aromatic carbocycles. The summed E-state index contributed by atoms with van der Waals surface area (Å²) in [7, 11) is 0. The van der Waals surface area contributed by atoms with Crippen LogP contribution in [0.4, 0.5) is 5.69 Å². The SMILES string of the molecule is CCCCCN1CC=C[C@]23S[C@@H]4C=CCN(c5ccccc5)C(=O)[C@@H]4[C@H]2C(=O)N([C@H](CO)c2ccccc2)C3C1=O. The van der Waals surface area contributed by atoms with E-state index < -0.39 is 28.7 Å². The van der Waals surface area contributed by atoms with Gasteiger partial charge in [-0.15, -0.1) is 11.8 Å². The summed E-state index contributed by atoms with van der Waals surface area (Å²) < 4.78 is -0.912. The summed E-state index contributed by atoms with van der Waals surface area (Å²) in [6.07, 6.45) is 11.1. The van der Waals surface area contributed by atoms with Crippen LogP contribution in [0, 0.1) is 11.8 Å². The van der Waals surface area contributed by atoms with Crippen LogP contribution >= 0.6 is 11.8 Å². The van der Waals surface area contributed by atoms with Gasteiger partial charge in [0.05, 0.1) is 29.2 Å². The number of hydrogen-bond donors (Lipinski definition) is 1. The monoisotopic (exact) mass is 571 g/mol. The molecule has 6 rings (SSSR count). The zero-order valence-corrected chi connectivity index (χ0v) is 24.2. The molecule has 0 saturated carbocycles. The number of aliphatic hydroxyl groups is 1. The van der Waals surface area contributed by atoms with Crippen LogP contribution in [0.2, 0.25) is 0 Å². The maximum atomic E-state index is 14.7. The number of likely N-dealkylation sites (tertiary alicyclic amines) is 1. The zero-order valence-electron chi connectivity index (χ0n) is 23.3. The average molecular weight is 572 g/mol. The standard InChI is InChI=1S/C33H37N3O4S/c1-2-3-10-19-34-20-12-18-33-28(27-26(41-33)17-11-21-35(30(27)38)24-15-8-5-9-16-24)31(39)36(29(33)32(34)40)25(22-37)23-13-6-4-7-14-23/h4-9,11-18,25-29,37H,2-3,10,19-22H2,1H3/t25-,26-,27+,28+,29?,33+/m1/s1. The van der Waals surface area contributed by atoms with Crippen molar-refractivity contribution in [1.29, 1.82) is 0 Å². The first-order valence-electron chi connectivity index (χ1n) is 14.7. The number of fused-ring (bicyclic) bond motifs is 2. The van der Waals surface area contributed by atoms with Gasteiger partial charge in [-0.1, -0.05) is 92.6 Å². The lowest BCUT2D eigenvalue weighted by Gasteiger charge is -2.38. The van der Waals surface area contributed by atoms with Crippen molar-refractivity contribution in [3.8, 4) is 0 Å². The van der Waals surface area contributed by atoms with E-state index in [-0.39, 0.29) is 29.6 Å². The van der Waals surface area contributed by atoms with Crippen molar-refractivity contribution in [3.05, 3.63) is 90.5 Å². The van der Waals surface area contributed by atoms with Crippen LogP contribution in [0.3, 0.4) is 0 Å². The molecule has 0 bridgehead atoms. The molecule has 6 atom stereocenters. The van der Waals surface area contributed by atoms with E-state index in [9.17, 15) is 19.5 Å². The number of hydrogen-bond acceptors (Lipinski definition) is 5. The zero-order chi connectivity index (χ0) is 28.6. The first kappa shape index (κ1) is 27.8. The van der Waals surface area contributed by atoms with Crippen molar-refractivity contribution < 1.29 is 19.5 Å². The molecule has 0 radical (unpaired) electrons. The van der Waals surface area contributed by atoms with Crippen molar-refractivity contribution in [3.63, 3.8) is 0 Å². The summed E-state index contributed by atoms with van der Waals surface area (Å²) in [5, 5.41) is 10.5. The Kier molecular flexibility index (Phi) is 7.79. The number of aliphatic hydroxyl groups excluding tert-OH is 1. The molecule has 2 saturated heterocycles. The van der Waals surface area contributed by atoms with Crippen LogP contribution in [0.1, 0.15) is 37.8 Å². The van der Waals surface area contributed by atoms with Crippen LogP contribution < -0.4 is 4.90 Å². The second-order valence-corrected chi connectivity index (χ2v) is 12.8. The van der Waals surface area contributed by atoms with Gasteiger partial charge in [0, 0.05) is 30.6 Å². The third-order valence-corrected chi connectivity index (χ3v) is 10.7. The fourth-order valence-electron chi connectivity index (χ4n) is 7.08. The van der Waals surface area contributed by atoms with Crippen LogP contribution in [-0.4, -0.2) is 74.9 Å². The van der Waals surface area contributed by atoms with Crippen molar-refractivity contribution in [2.24, 2.45) is 11.8 Å². The highest BCUT2D eigenvalue weighted by molar-refractivity contribution is 8.02. The summed E-state index contributed by atoms with van der Waals surface area (Å²) in [4.78, 5) is 48.8. The molecule has 1 N–H and O–H groups in total. The Bertz CT molecular complexity index is 1350. The fraction of sp³-hybridized carbons (Fsp3) is 0.424. The van der Waals surface area contributed by atoms with E-state index in [1.165, 1.54) is 0 Å². The van der Waals surface area contributed by atoms with Crippen LogP contribution in [-0.2, 0) is 14.4 Å². The van der Waals surface area contributed by atoms with Crippen molar-refractivity contribution in [2.45, 2.75) is 48.3 Å². The summed E-state index contributed by atoms with van der Waals surface area (Å²) in [6, 6.07) is 17.5. The number of benzene rings is 2. The second kappa shape index (κ2) is 11.5. The second-order valence-electron chi connectivity index (χ2n) is 11.3. The van der Waals surface area contributed by atoms with Crippen LogP contribution in [0.15, 0.2) is 85.0 Å². The molecule has 4 aliphatic rings. The number of rotatable bonds is 8. The number of carbonyl (C=O) groups excluding carboxylic acids is 3. The van der Waals surface area contributed by atoms with E-state index >= 15 is 0 Å². The molecule has 0 aliphatic carbocycles. The lowest BCUT2D eigenvalue weighted by atomic mass is 9.78. The van der Waals surface area contributed by atoms with E-state index in [1.54, 1.807) is 21.6 Å². The van der Waals surface area contributed by atoms with Gasteiger partial charge in [0.1, 0.15) is 6.04 Å². The van der Waals surface area contributed by atoms with Gasteiger partial charge in [0.2, 0.25) is 17.7 Å². The molecule has 2 aromatic rings. The average Bonchev–Trinajstić information content (AvgIpc) is 3.31. The number of carbonyl (C=O) groups is 3. The Morgan fingerprint density at radius 2 is 1.66 bits per heavy atom. The van der Waals surface area contributed by atoms with Gasteiger partial charge in [0.25, 0.3) is 0 Å². The van der Waals surface area contributed by atoms with E-state index in [0.717, 1.165) is 30.5 Å². The minimum Gasteiger partial charge on any atom is -0.394 e. The molecule has 1 unspecified atom stereocenters. The smallest absolute Gasteiger partial charge is 0.247 e. The van der Waals surface area contributed by atoms with E-state index in [1.807, 2.05) is 83.8 Å². The van der Waals surface area contributed by atoms with Crippen molar-refractivity contribution >= 4 is 35.2 Å². The topological polar surface area (TPSA) is 81.2 Å². The van der Waals surface area contributed by atoms with Gasteiger partial charge in [-0.05, 0) is 24.1 Å². The third-order valence-electron chi connectivity index (χ3n) is 8.97. The number of nitrogens with zero attached hydrogens (tertiary/aromatic N) is 3. The highest BCUT2D eigenvalue weighted by Crippen LogP contribution is 2.62. The minimum atomic E-state index is -0.912. The van der Waals surface area contributed by atoms with E-state index in [2.05, 4.69) is 13.0 Å². The molecular formula is C33H37N3O4S. The van der Waals surface area contributed by atoms with Gasteiger partial charge in [-0.25, -0.2) is 0 Å². The molecule has 4 heterocycles. The van der Waals surface area contributed by atoms with Gasteiger partial charge >= 0.3 is 0 Å². The highest BCUT2D eigenvalue weighted by Gasteiger charge is 2.71. The predicted octanol–water partition coefficient (Wildman–Crippen LogP) is 4.21. The van der Waals surface area contributed by atoms with E-state index in [0.29, 0.717) is 19.6 Å². The molecule has 4 aliphatic heterocycles. The molecule has 0 aromatic heterocycles. The molecular weight excluding hydrogens is 534 g/mol. The molecule has 7 nitrogen and oxygen atoms in total. The lowest BCUT2D eigenvalue weighted by Crippen LogP contribution is -2.54. The number of amides is 3. The molecule has 2 fully saturated rings. The maximum Gasteiger partial charge on any atom is 0.247 e. The van der Waals surface area contributed by atoms with Gasteiger partial charge in [-0.3, -0.25) is 14.4 Å². The summed E-state index contributed by atoms with van der Waals surface area (Å²) in [5.41, 5.74) is 1.57. The van der Waals surface area contributed by atoms with Crippen molar-refractivity contribution in [1.82, 2.24) is 9.80 Å². The highest BCUT2D eigenvalue weighted by atomic mass is 32.2. The molecule has 1 spiro atoms. The van der Waals surface area contributed by atoms with Crippen molar-refractivity contribution in [2.75, 3.05) is 31.1 Å². The molecule has 41 heavy (non-hydrogen) atoms. The van der Waals surface area contributed by atoms with Gasteiger partial charge in [0.15, 0.2) is 0 Å². The van der Waals surface area contributed by atoms with Crippen LogP contribution in [0.25, 0.3) is 0 Å². The number of anilines is 1. The Morgan fingerprint density at radius 3 is 2.37 bits per heavy atom. The minimum absolute atomic E-state index is 0.0975. The largest absolute Gasteiger partial charge is 0.394 e. The number of unbranched alkanes of at least 4 members (excludes halogenated alkanes) is 2. The Balaban J connectivity index is 1.46. The first-order chi connectivity index (χ1) is 20.0. The quantitative estimate of drug-likeness (QED) is 0.379. The Labute approximate surface area is 245 Å². The Hall–Kier alpha value is -3.36. The normalized spacial score (nSPS) is 29.7.